The van der Waals surface area contributed by atoms with Crippen LogP contribution in [0.4, 0.5) is 0 Å². The van der Waals surface area contributed by atoms with E-state index in [4.69, 9.17) is 23.2 Å². The first-order valence-electron chi connectivity index (χ1n) is 8.96. The third-order valence-electron chi connectivity index (χ3n) is 4.68. The van der Waals surface area contributed by atoms with E-state index in [2.05, 4.69) is 22.0 Å². The third-order valence-corrected chi connectivity index (χ3v) is 5.27. The van der Waals surface area contributed by atoms with Gasteiger partial charge in [0, 0.05) is 40.2 Å². The molecular weight excluding hydrogens is 391 g/mol. The van der Waals surface area contributed by atoms with Crippen molar-refractivity contribution in [1.29, 1.82) is 0 Å². The van der Waals surface area contributed by atoms with E-state index in [1.54, 1.807) is 12.1 Å². The second-order valence-electron chi connectivity index (χ2n) is 6.59. The van der Waals surface area contributed by atoms with Crippen molar-refractivity contribution in [1.82, 2.24) is 9.88 Å². The number of halogens is 2. The minimum atomic E-state index is -0.131. The van der Waals surface area contributed by atoms with E-state index in [-0.39, 0.29) is 5.91 Å². The molecule has 5 heteroatoms. The van der Waals surface area contributed by atoms with E-state index in [0.717, 1.165) is 16.5 Å². The zero-order chi connectivity index (χ0) is 19.5. The van der Waals surface area contributed by atoms with Gasteiger partial charge in [-0.25, -0.2) is 0 Å². The van der Waals surface area contributed by atoms with Crippen LogP contribution in [0.2, 0.25) is 10.0 Å². The van der Waals surface area contributed by atoms with Gasteiger partial charge in [-0.1, -0.05) is 77.8 Å². The van der Waals surface area contributed by atoms with Crippen LogP contribution in [0.3, 0.4) is 0 Å². The van der Waals surface area contributed by atoms with Gasteiger partial charge in [0.1, 0.15) is 0 Å². The molecule has 3 nitrogen and oxygen atoms in total. The van der Waals surface area contributed by atoms with E-state index >= 15 is 0 Å². The first-order chi connectivity index (χ1) is 13.6. The topological polar surface area (TPSA) is 34.0 Å². The maximum absolute atomic E-state index is 12.9. The lowest BCUT2D eigenvalue weighted by Gasteiger charge is -2.07. The fourth-order valence-corrected chi connectivity index (χ4v) is 3.75. The Morgan fingerprint density at radius 3 is 2.46 bits per heavy atom. The van der Waals surface area contributed by atoms with Gasteiger partial charge >= 0.3 is 0 Å². The summed E-state index contributed by atoms with van der Waals surface area (Å²) in [5, 5.41) is 5.01. The molecule has 0 bridgehead atoms. The molecular formula is C23H18Cl2N2O. The van der Waals surface area contributed by atoms with Crippen molar-refractivity contribution in [3.63, 3.8) is 0 Å². The predicted molar refractivity (Wildman–Crippen MR) is 115 cm³/mol. The Balaban J connectivity index is 1.60. The first kappa shape index (κ1) is 18.6. The van der Waals surface area contributed by atoms with Gasteiger partial charge in [-0.15, -0.1) is 0 Å². The van der Waals surface area contributed by atoms with Crippen molar-refractivity contribution in [2.45, 2.75) is 13.1 Å². The number of amides is 1. The molecule has 0 saturated heterocycles. The van der Waals surface area contributed by atoms with E-state index in [0.29, 0.717) is 28.7 Å². The normalized spacial score (nSPS) is 10.9. The Morgan fingerprint density at radius 2 is 1.68 bits per heavy atom. The lowest BCUT2D eigenvalue weighted by Crippen LogP contribution is -2.22. The number of nitrogens with one attached hydrogen (secondary N) is 1. The SMILES string of the molecule is O=C(NCc1ccc(Cl)cc1Cl)c1cn(Cc2ccccc2)c2ccccc12. The van der Waals surface area contributed by atoms with Crippen molar-refractivity contribution in [2.24, 2.45) is 0 Å². The number of para-hydroxylation sites is 1. The molecule has 0 aliphatic heterocycles. The molecule has 0 spiro atoms. The molecule has 1 amide bonds. The predicted octanol–water partition coefficient (Wildman–Crippen LogP) is 5.93. The maximum atomic E-state index is 12.9. The summed E-state index contributed by atoms with van der Waals surface area (Å²) in [6, 6.07) is 23.4. The number of fused-ring (bicyclic) bond motifs is 1. The fraction of sp³-hybridized carbons (Fsp3) is 0.0870. The number of carbonyl (C=O) groups excluding carboxylic acids is 1. The summed E-state index contributed by atoms with van der Waals surface area (Å²) in [6.45, 7) is 1.05. The van der Waals surface area contributed by atoms with Gasteiger partial charge in [0.2, 0.25) is 0 Å². The number of aromatic nitrogens is 1. The fourth-order valence-electron chi connectivity index (χ4n) is 3.27. The quantitative estimate of drug-likeness (QED) is 0.436. The van der Waals surface area contributed by atoms with Gasteiger partial charge < -0.3 is 9.88 Å². The second kappa shape index (κ2) is 8.09. The van der Waals surface area contributed by atoms with Crippen molar-refractivity contribution in [3.05, 3.63) is 106 Å². The van der Waals surface area contributed by atoms with Crippen molar-refractivity contribution >= 4 is 40.0 Å². The van der Waals surface area contributed by atoms with Crippen LogP contribution in [-0.2, 0) is 13.1 Å². The molecule has 1 aromatic heterocycles. The standard InChI is InChI=1S/C23H18Cl2N2O/c24-18-11-10-17(21(25)12-18)13-26-23(28)20-15-27(14-16-6-2-1-3-7-16)22-9-5-4-8-19(20)22/h1-12,15H,13-14H2,(H,26,28). The number of carbonyl (C=O) groups is 1. The number of nitrogens with zero attached hydrogens (tertiary/aromatic N) is 1. The van der Waals surface area contributed by atoms with Crippen LogP contribution in [-0.4, -0.2) is 10.5 Å². The Hall–Kier alpha value is -2.75. The summed E-state index contributed by atoms with van der Waals surface area (Å²) < 4.78 is 2.11. The smallest absolute Gasteiger partial charge is 0.253 e. The Morgan fingerprint density at radius 1 is 0.929 bits per heavy atom. The molecule has 0 aliphatic rings. The van der Waals surface area contributed by atoms with Crippen LogP contribution in [0.1, 0.15) is 21.5 Å². The summed E-state index contributed by atoms with van der Waals surface area (Å²) in [5.74, 6) is -0.131. The highest BCUT2D eigenvalue weighted by Gasteiger charge is 2.15. The molecule has 4 aromatic rings. The van der Waals surface area contributed by atoms with Crippen LogP contribution in [0.15, 0.2) is 79.0 Å². The molecule has 1 heterocycles. The van der Waals surface area contributed by atoms with Crippen LogP contribution in [0.25, 0.3) is 10.9 Å². The third kappa shape index (κ3) is 3.91. The molecule has 4 rings (SSSR count). The Bertz CT molecular complexity index is 1140. The van der Waals surface area contributed by atoms with Crippen molar-refractivity contribution in [2.75, 3.05) is 0 Å². The van der Waals surface area contributed by atoms with Gasteiger partial charge in [-0.05, 0) is 29.3 Å². The average molecular weight is 409 g/mol. The first-order valence-corrected chi connectivity index (χ1v) is 9.71. The Kier molecular flexibility index (Phi) is 5.38. The van der Waals surface area contributed by atoms with Crippen molar-refractivity contribution < 1.29 is 4.79 Å². The molecule has 3 aromatic carbocycles. The minimum absolute atomic E-state index is 0.131. The minimum Gasteiger partial charge on any atom is -0.348 e. The van der Waals surface area contributed by atoms with Gasteiger partial charge in [-0.2, -0.15) is 0 Å². The zero-order valence-corrected chi connectivity index (χ0v) is 16.5. The number of hydrogen-bond donors (Lipinski definition) is 1. The van der Waals surface area contributed by atoms with E-state index in [9.17, 15) is 4.79 Å². The second-order valence-corrected chi connectivity index (χ2v) is 7.44. The van der Waals surface area contributed by atoms with Gasteiger partial charge in [0.05, 0.1) is 5.56 Å². The van der Waals surface area contributed by atoms with E-state index < -0.39 is 0 Å². The summed E-state index contributed by atoms with van der Waals surface area (Å²) in [6.07, 6.45) is 1.91. The summed E-state index contributed by atoms with van der Waals surface area (Å²) in [4.78, 5) is 12.9. The summed E-state index contributed by atoms with van der Waals surface area (Å²) in [7, 11) is 0. The Labute approximate surface area is 173 Å². The lowest BCUT2D eigenvalue weighted by molar-refractivity contribution is 0.0952. The largest absolute Gasteiger partial charge is 0.348 e. The molecule has 28 heavy (non-hydrogen) atoms. The summed E-state index contributed by atoms with van der Waals surface area (Å²) in [5.41, 5.74) is 3.69. The highest BCUT2D eigenvalue weighted by Crippen LogP contribution is 2.24. The van der Waals surface area contributed by atoms with E-state index in [1.165, 1.54) is 5.56 Å². The molecule has 1 N–H and O–H groups in total. The lowest BCUT2D eigenvalue weighted by atomic mass is 10.1. The zero-order valence-electron chi connectivity index (χ0n) is 15.0. The highest BCUT2D eigenvalue weighted by molar-refractivity contribution is 6.35. The number of benzene rings is 3. The molecule has 0 saturated carbocycles. The van der Waals surface area contributed by atoms with Gasteiger partial charge in [-0.3, -0.25) is 4.79 Å². The molecule has 0 atom stereocenters. The highest BCUT2D eigenvalue weighted by atomic mass is 35.5. The van der Waals surface area contributed by atoms with Crippen LogP contribution in [0.5, 0.6) is 0 Å². The van der Waals surface area contributed by atoms with Gasteiger partial charge in [0.15, 0.2) is 0 Å². The molecule has 0 unspecified atom stereocenters. The molecule has 0 radical (unpaired) electrons. The number of rotatable bonds is 5. The van der Waals surface area contributed by atoms with Gasteiger partial charge in [0.25, 0.3) is 5.91 Å². The van der Waals surface area contributed by atoms with Crippen LogP contribution >= 0.6 is 23.2 Å². The molecule has 140 valence electrons. The average Bonchev–Trinajstić information content (AvgIpc) is 3.07. The van der Waals surface area contributed by atoms with Crippen molar-refractivity contribution in [3.8, 4) is 0 Å². The van der Waals surface area contributed by atoms with Crippen LogP contribution in [0, 0.1) is 0 Å². The van der Waals surface area contributed by atoms with E-state index in [1.807, 2.05) is 54.7 Å². The monoisotopic (exact) mass is 408 g/mol. The molecule has 0 aliphatic carbocycles. The summed E-state index contributed by atoms with van der Waals surface area (Å²) >= 11 is 12.1. The maximum Gasteiger partial charge on any atom is 0.253 e. The number of hydrogen-bond acceptors (Lipinski definition) is 1. The molecule has 0 fully saturated rings. The van der Waals surface area contributed by atoms with Crippen LogP contribution < -0.4 is 5.32 Å².